The lowest BCUT2D eigenvalue weighted by Crippen LogP contribution is -2.04. The fraction of sp³-hybridized carbons (Fsp3) is 0.0526. The van der Waals surface area contributed by atoms with Crippen molar-refractivity contribution in [3.63, 3.8) is 0 Å². The molecule has 0 bridgehead atoms. The third-order valence-corrected chi connectivity index (χ3v) is 3.38. The van der Waals surface area contributed by atoms with Crippen LogP contribution >= 0.6 is 0 Å². The second-order valence-corrected chi connectivity index (χ2v) is 5.09. The van der Waals surface area contributed by atoms with Crippen molar-refractivity contribution in [3.8, 4) is 0 Å². The van der Waals surface area contributed by atoms with Gasteiger partial charge in [-0.1, -0.05) is 48.6 Å². The van der Waals surface area contributed by atoms with Crippen molar-refractivity contribution in [2.75, 3.05) is 0 Å². The Morgan fingerprint density at radius 2 is 1.44 bits per heavy atom. The maximum absolute atomic E-state index is 12.7. The van der Waals surface area contributed by atoms with Crippen LogP contribution in [-0.2, 0) is 11.0 Å². The van der Waals surface area contributed by atoms with Crippen molar-refractivity contribution < 1.29 is 27.9 Å². The Hall–Kier alpha value is -3.15. The number of carboxylic acids is 1. The first-order valence-electron chi connectivity index (χ1n) is 7.16. The molecule has 128 valence electrons. The van der Waals surface area contributed by atoms with Gasteiger partial charge in [0, 0.05) is 11.6 Å². The number of carbonyl (C=O) groups excluding carboxylic acids is 1. The second kappa shape index (κ2) is 7.61. The molecule has 0 aliphatic rings. The highest BCUT2D eigenvalue weighted by atomic mass is 19.4. The second-order valence-electron chi connectivity index (χ2n) is 5.09. The Balaban J connectivity index is 2.47. The van der Waals surface area contributed by atoms with Gasteiger partial charge in [-0.25, -0.2) is 4.79 Å². The maximum Gasteiger partial charge on any atom is 0.416 e. The normalized spacial score (nSPS) is 12.4. The number of hydrogen-bond acceptors (Lipinski definition) is 2. The first-order valence-corrected chi connectivity index (χ1v) is 7.16. The van der Waals surface area contributed by atoms with Crippen LogP contribution in [0.1, 0.15) is 27.0 Å². The zero-order valence-electron chi connectivity index (χ0n) is 12.8. The lowest BCUT2D eigenvalue weighted by molar-refractivity contribution is -0.137. The van der Waals surface area contributed by atoms with E-state index in [9.17, 15) is 22.8 Å². The van der Waals surface area contributed by atoms with Crippen LogP contribution in [0.5, 0.6) is 0 Å². The molecule has 0 saturated heterocycles. The molecule has 0 aliphatic heterocycles. The summed E-state index contributed by atoms with van der Waals surface area (Å²) >= 11 is 0. The lowest BCUT2D eigenvalue weighted by atomic mass is 9.95. The van der Waals surface area contributed by atoms with Gasteiger partial charge in [0.05, 0.1) is 5.56 Å². The summed E-state index contributed by atoms with van der Waals surface area (Å²) in [7, 11) is 0. The van der Waals surface area contributed by atoms with E-state index >= 15 is 0 Å². The van der Waals surface area contributed by atoms with Gasteiger partial charge in [-0.3, -0.25) is 4.79 Å². The Labute approximate surface area is 141 Å². The van der Waals surface area contributed by atoms with Gasteiger partial charge < -0.3 is 5.11 Å². The average molecular weight is 346 g/mol. The standard InChI is InChI=1S/C19H13F3O3/c20-19(21,22)16-10-8-15(9-11-16)17(2-1-3-18(24)25)14-6-4-13(12-23)5-7-14/h1-12H,(H,24,25)/b3-1+,17-2+. The summed E-state index contributed by atoms with van der Waals surface area (Å²) in [5, 5.41) is 8.68. The number of carboxylic acid groups (broad SMARTS) is 1. The van der Waals surface area contributed by atoms with Crippen molar-refractivity contribution in [2.45, 2.75) is 6.18 Å². The van der Waals surface area contributed by atoms with Crippen LogP contribution in [0, 0.1) is 0 Å². The van der Waals surface area contributed by atoms with Crippen LogP contribution in [0.2, 0.25) is 0 Å². The van der Waals surface area contributed by atoms with E-state index in [0.717, 1.165) is 18.2 Å². The highest BCUT2D eigenvalue weighted by Crippen LogP contribution is 2.31. The molecular formula is C19H13F3O3. The number of allylic oxidation sites excluding steroid dienone is 2. The zero-order valence-corrected chi connectivity index (χ0v) is 12.8. The molecule has 0 aliphatic carbocycles. The fourth-order valence-corrected chi connectivity index (χ4v) is 2.17. The van der Waals surface area contributed by atoms with Crippen LogP contribution in [0.15, 0.2) is 66.8 Å². The van der Waals surface area contributed by atoms with Crippen molar-refractivity contribution in [1.29, 1.82) is 0 Å². The number of rotatable bonds is 5. The van der Waals surface area contributed by atoms with Gasteiger partial charge in [0.25, 0.3) is 0 Å². The van der Waals surface area contributed by atoms with E-state index in [2.05, 4.69) is 0 Å². The van der Waals surface area contributed by atoms with Gasteiger partial charge in [-0.05, 0) is 28.8 Å². The summed E-state index contributed by atoms with van der Waals surface area (Å²) < 4.78 is 38.1. The van der Waals surface area contributed by atoms with Gasteiger partial charge in [0.1, 0.15) is 6.29 Å². The molecule has 0 unspecified atom stereocenters. The zero-order chi connectivity index (χ0) is 18.4. The number of carbonyl (C=O) groups is 2. The summed E-state index contributed by atoms with van der Waals surface area (Å²) in [4.78, 5) is 21.4. The average Bonchev–Trinajstić information content (AvgIpc) is 2.58. The van der Waals surface area contributed by atoms with Crippen molar-refractivity contribution in [1.82, 2.24) is 0 Å². The summed E-state index contributed by atoms with van der Waals surface area (Å²) in [6.45, 7) is 0. The quantitative estimate of drug-likeness (QED) is 0.489. The third-order valence-electron chi connectivity index (χ3n) is 3.38. The van der Waals surface area contributed by atoms with Crippen LogP contribution < -0.4 is 0 Å². The number of aldehydes is 1. The summed E-state index contributed by atoms with van der Waals surface area (Å²) in [6, 6.07) is 11.0. The Morgan fingerprint density at radius 1 is 0.920 bits per heavy atom. The highest BCUT2D eigenvalue weighted by molar-refractivity contribution is 5.85. The predicted octanol–water partition coefficient (Wildman–Crippen LogP) is 4.59. The fourth-order valence-electron chi connectivity index (χ4n) is 2.17. The Kier molecular flexibility index (Phi) is 5.54. The molecular weight excluding hydrogens is 333 g/mol. The van der Waals surface area contributed by atoms with E-state index in [1.54, 1.807) is 24.3 Å². The summed E-state index contributed by atoms with van der Waals surface area (Å²) in [6.07, 6.45) is -0.0493. The van der Waals surface area contributed by atoms with E-state index in [1.165, 1.54) is 24.3 Å². The van der Waals surface area contributed by atoms with Crippen molar-refractivity contribution in [2.24, 2.45) is 0 Å². The number of aliphatic carboxylic acids is 1. The van der Waals surface area contributed by atoms with Gasteiger partial charge in [0.2, 0.25) is 0 Å². The molecule has 3 nitrogen and oxygen atoms in total. The lowest BCUT2D eigenvalue weighted by Gasteiger charge is -2.11. The topological polar surface area (TPSA) is 54.4 Å². The van der Waals surface area contributed by atoms with Crippen molar-refractivity contribution >= 4 is 17.8 Å². The largest absolute Gasteiger partial charge is 0.478 e. The molecule has 0 aromatic heterocycles. The molecule has 0 spiro atoms. The smallest absolute Gasteiger partial charge is 0.416 e. The minimum Gasteiger partial charge on any atom is -0.478 e. The minimum absolute atomic E-state index is 0.455. The van der Waals surface area contributed by atoms with Crippen LogP contribution in [0.3, 0.4) is 0 Å². The third kappa shape index (κ3) is 4.91. The number of alkyl halides is 3. The monoisotopic (exact) mass is 346 g/mol. The van der Waals surface area contributed by atoms with E-state index in [4.69, 9.17) is 5.11 Å². The molecule has 2 aromatic carbocycles. The van der Waals surface area contributed by atoms with Crippen LogP contribution in [0.25, 0.3) is 5.57 Å². The minimum atomic E-state index is -4.43. The molecule has 1 N–H and O–H groups in total. The molecule has 2 rings (SSSR count). The maximum atomic E-state index is 12.7. The summed E-state index contributed by atoms with van der Waals surface area (Å²) in [5.41, 5.74) is 1.34. The van der Waals surface area contributed by atoms with E-state index in [0.29, 0.717) is 28.5 Å². The molecule has 0 heterocycles. The highest BCUT2D eigenvalue weighted by Gasteiger charge is 2.30. The molecule has 0 amide bonds. The molecule has 0 atom stereocenters. The number of halogens is 3. The first-order chi connectivity index (χ1) is 11.8. The van der Waals surface area contributed by atoms with Gasteiger partial charge in [-0.15, -0.1) is 0 Å². The number of hydrogen-bond donors (Lipinski definition) is 1. The number of benzene rings is 2. The van der Waals surface area contributed by atoms with E-state index < -0.39 is 17.7 Å². The first kappa shape index (κ1) is 18.2. The van der Waals surface area contributed by atoms with Crippen LogP contribution in [-0.4, -0.2) is 17.4 Å². The van der Waals surface area contributed by atoms with E-state index in [1.807, 2.05) is 0 Å². The molecule has 0 saturated carbocycles. The summed E-state index contributed by atoms with van der Waals surface area (Å²) in [5.74, 6) is -1.14. The molecule has 0 fully saturated rings. The predicted molar refractivity (Wildman–Crippen MR) is 87.1 cm³/mol. The Bertz CT molecular complexity index is 814. The van der Waals surface area contributed by atoms with Gasteiger partial charge in [0.15, 0.2) is 0 Å². The molecule has 2 aromatic rings. The van der Waals surface area contributed by atoms with Crippen LogP contribution in [0.4, 0.5) is 13.2 Å². The molecule has 0 radical (unpaired) electrons. The van der Waals surface area contributed by atoms with Gasteiger partial charge in [-0.2, -0.15) is 13.2 Å². The van der Waals surface area contributed by atoms with E-state index in [-0.39, 0.29) is 0 Å². The van der Waals surface area contributed by atoms with Gasteiger partial charge >= 0.3 is 12.1 Å². The SMILES string of the molecule is O=Cc1ccc(/C(=C\C=C\C(=O)O)c2ccc(C(F)(F)F)cc2)cc1. The Morgan fingerprint density at radius 3 is 1.88 bits per heavy atom. The molecule has 25 heavy (non-hydrogen) atoms. The van der Waals surface area contributed by atoms with Crippen molar-refractivity contribution in [3.05, 3.63) is 89.0 Å². The molecule has 6 heteroatoms.